The Labute approximate surface area is 165 Å². The quantitative estimate of drug-likeness (QED) is 0.753. The Morgan fingerprint density at radius 1 is 1.32 bits per heavy atom. The Kier molecular flexibility index (Phi) is 5.23. The number of hydrazone groups is 1. The first kappa shape index (κ1) is 19.6. The number of aromatic hydroxyl groups is 1. The summed E-state index contributed by atoms with van der Waals surface area (Å²) >= 11 is 5.00. The molecule has 0 spiro atoms. The molecule has 2 heterocycles. The lowest BCUT2D eigenvalue weighted by atomic mass is 9.98. The predicted molar refractivity (Wildman–Crippen MR) is 104 cm³/mol. The summed E-state index contributed by atoms with van der Waals surface area (Å²) in [5.74, 6) is 0.473. The Balaban J connectivity index is 2.08. The van der Waals surface area contributed by atoms with Gasteiger partial charge in [0.25, 0.3) is 5.56 Å². The van der Waals surface area contributed by atoms with Crippen LogP contribution in [0.2, 0.25) is 0 Å². The van der Waals surface area contributed by atoms with Crippen LogP contribution in [0, 0.1) is 4.77 Å². The SMILES string of the molecule is COc1ccc([C@@H]2CC(c3c(O)n(C)c(=S)[nH]c3=O)=NN2C(C)=O)cc1OC. The summed E-state index contributed by atoms with van der Waals surface area (Å²) < 4.78 is 11.9. The zero-order chi connectivity index (χ0) is 20.6. The van der Waals surface area contributed by atoms with Crippen molar-refractivity contribution in [2.24, 2.45) is 12.1 Å². The molecule has 1 amide bonds. The van der Waals surface area contributed by atoms with E-state index in [-0.39, 0.29) is 28.5 Å². The van der Waals surface area contributed by atoms with Crippen molar-refractivity contribution in [3.05, 3.63) is 44.5 Å². The fraction of sp³-hybridized carbons (Fsp3) is 0.333. The van der Waals surface area contributed by atoms with Gasteiger partial charge >= 0.3 is 0 Å². The number of carbonyl (C=O) groups is 1. The van der Waals surface area contributed by atoms with Crippen LogP contribution in [0.15, 0.2) is 28.1 Å². The minimum Gasteiger partial charge on any atom is -0.494 e. The van der Waals surface area contributed by atoms with Crippen molar-refractivity contribution in [3.63, 3.8) is 0 Å². The van der Waals surface area contributed by atoms with E-state index < -0.39 is 11.6 Å². The van der Waals surface area contributed by atoms with Crippen LogP contribution in [0.4, 0.5) is 0 Å². The van der Waals surface area contributed by atoms with Gasteiger partial charge < -0.3 is 14.6 Å². The van der Waals surface area contributed by atoms with Gasteiger partial charge in [0.1, 0.15) is 5.56 Å². The summed E-state index contributed by atoms with van der Waals surface area (Å²) in [7, 11) is 4.59. The van der Waals surface area contributed by atoms with Gasteiger partial charge in [-0.3, -0.25) is 19.1 Å². The third kappa shape index (κ3) is 3.26. The number of ether oxygens (including phenoxy) is 2. The Morgan fingerprint density at radius 3 is 2.61 bits per heavy atom. The molecule has 10 heteroatoms. The van der Waals surface area contributed by atoms with Crippen molar-refractivity contribution >= 4 is 23.8 Å². The summed E-state index contributed by atoms with van der Waals surface area (Å²) in [5, 5.41) is 16.0. The summed E-state index contributed by atoms with van der Waals surface area (Å²) in [6.07, 6.45) is 0.239. The van der Waals surface area contributed by atoms with Crippen molar-refractivity contribution in [1.29, 1.82) is 0 Å². The fourth-order valence-electron chi connectivity index (χ4n) is 3.14. The number of aromatic amines is 1. The van der Waals surface area contributed by atoms with E-state index in [2.05, 4.69) is 10.1 Å². The molecule has 1 atom stereocenters. The summed E-state index contributed by atoms with van der Waals surface area (Å²) in [4.78, 5) is 27.1. The lowest BCUT2D eigenvalue weighted by Gasteiger charge is -2.21. The molecular formula is C18H20N4O5S. The third-order valence-electron chi connectivity index (χ3n) is 4.61. The lowest BCUT2D eigenvalue weighted by molar-refractivity contribution is -0.130. The number of hydrogen-bond donors (Lipinski definition) is 2. The van der Waals surface area contributed by atoms with E-state index in [1.807, 2.05) is 0 Å². The van der Waals surface area contributed by atoms with Crippen LogP contribution in [0.5, 0.6) is 17.4 Å². The van der Waals surface area contributed by atoms with E-state index in [9.17, 15) is 14.7 Å². The second-order valence-electron chi connectivity index (χ2n) is 6.26. The molecule has 0 radical (unpaired) electrons. The zero-order valence-corrected chi connectivity index (χ0v) is 16.7. The number of H-pyrrole nitrogens is 1. The van der Waals surface area contributed by atoms with Crippen LogP contribution >= 0.6 is 12.2 Å². The maximum absolute atomic E-state index is 12.4. The van der Waals surface area contributed by atoms with E-state index in [4.69, 9.17) is 21.7 Å². The maximum Gasteiger partial charge on any atom is 0.264 e. The molecule has 0 unspecified atom stereocenters. The lowest BCUT2D eigenvalue weighted by Crippen LogP contribution is -2.24. The molecular weight excluding hydrogens is 384 g/mol. The molecule has 0 fully saturated rings. The largest absolute Gasteiger partial charge is 0.494 e. The average Bonchev–Trinajstić information content (AvgIpc) is 3.10. The average molecular weight is 404 g/mol. The molecule has 0 saturated heterocycles. The highest BCUT2D eigenvalue weighted by Crippen LogP contribution is 2.37. The Hall–Kier alpha value is -3.14. The third-order valence-corrected chi connectivity index (χ3v) is 4.98. The molecule has 1 aromatic heterocycles. The van der Waals surface area contributed by atoms with Gasteiger partial charge in [0.05, 0.1) is 26.0 Å². The van der Waals surface area contributed by atoms with Crippen molar-refractivity contribution in [2.45, 2.75) is 19.4 Å². The number of amides is 1. The van der Waals surface area contributed by atoms with Gasteiger partial charge in [-0.2, -0.15) is 5.10 Å². The van der Waals surface area contributed by atoms with Crippen LogP contribution < -0.4 is 15.0 Å². The minimum absolute atomic E-state index is 0.00896. The smallest absolute Gasteiger partial charge is 0.264 e. The monoisotopic (exact) mass is 404 g/mol. The number of benzene rings is 1. The van der Waals surface area contributed by atoms with Gasteiger partial charge in [0, 0.05) is 20.4 Å². The normalized spacial score (nSPS) is 16.1. The molecule has 0 aliphatic carbocycles. The van der Waals surface area contributed by atoms with Crippen LogP contribution in [0.1, 0.15) is 30.5 Å². The first-order chi connectivity index (χ1) is 13.3. The molecule has 1 aliphatic rings. The van der Waals surface area contributed by atoms with E-state index >= 15 is 0 Å². The Bertz CT molecular complexity index is 1090. The molecule has 9 nitrogen and oxygen atoms in total. The van der Waals surface area contributed by atoms with Crippen molar-refractivity contribution in [2.75, 3.05) is 14.2 Å². The number of methoxy groups -OCH3 is 2. The first-order valence-corrected chi connectivity index (χ1v) is 8.81. The molecule has 1 aromatic carbocycles. The number of nitrogens with zero attached hydrogens (tertiary/aromatic N) is 3. The first-order valence-electron chi connectivity index (χ1n) is 8.40. The molecule has 148 valence electrons. The standard InChI is InChI=1S/C18H20N4O5S/c1-9(23)22-12(10-5-6-13(26-3)14(7-10)27-4)8-11(20-22)15-16(24)19-18(28)21(2)17(15)25/h5-7,12,25H,8H2,1-4H3,(H,19,24,28)/t12-/m0/s1. The highest BCUT2D eigenvalue weighted by Gasteiger charge is 2.34. The van der Waals surface area contributed by atoms with Crippen molar-refractivity contribution in [1.82, 2.24) is 14.6 Å². The number of aromatic nitrogens is 2. The van der Waals surface area contributed by atoms with E-state index in [1.54, 1.807) is 18.2 Å². The van der Waals surface area contributed by atoms with Crippen LogP contribution in [0.3, 0.4) is 0 Å². The van der Waals surface area contributed by atoms with Gasteiger partial charge in [-0.15, -0.1) is 0 Å². The number of nitrogens with one attached hydrogen (secondary N) is 1. The highest BCUT2D eigenvalue weighted by atomic mass is 32.1. The fourth-order valence-corrected chi connectivity index (χ4v) is 3.32. The molecule has 3 rings (SSSR count). The van der Waals surface area contributed by atoms with E-state index in [0.29, 0.717) is 17.2 Å². The topological polar surface area (TPSA) is 109 Å². The zero-order valence-electron chi connectivity index (χ0n) is 15.8. The molecule has 2 N–H and O–H groups in total. The molecule has 1 aliphatic heterocycles. The number of hydrogen-bond acceptors (Lipinski definition) is 7. The van der Waals surface area contributed by atoms with Crippen LogP contribution in [-0.4, -0.2) is 45.5 Å². The van der Waals surface area contributed by atoms with Gasteiger partial charge in [-0.1, -0.05) is 6.07 Å². The maximum atomic E-state index is 12.4. The molecule has 0 saturated carbocycles. The summed E-state index contributed by atoms with van der Waals surface area (Å²) in [5.41, 5.74) is 0.479. The van der Waals surface area contributed by atoms with E-state index in [1.165, 1.54) is 37.8 Å². The highest BCUT2D eigenvalue weighted by molar-refractivity contribution is 7.71. The second-order valence-corrected chi connectivity index (χ2v) is 6.65. The summed E-state index contributed by atoms with van der Waals surface area (Å²) in [6.45, 7) is 1.39. The van der Waals surface area contributed by atoms with E-state index in [0.717, 1.165) is 5.56 Å². The van der Waals surface area contributed by atoms with Crippen molar-refractivity contribution in [3.8, 4) is 17.4 Å². The molecule has 28 heavy (non-hydrogen) atoms. The number of rotatable bonds is 4. The van der Waals surface area contributed by atoms with Crippen LogP contribution in [0.25, 0.3) is 0 Å². The molecule has 0 bridgehead atoms. The van der Waals surface area contributed by atoms with Gasteiger partial charge in [-0.05, 0) is 29.9 Å². The van der Waals surface area contributed by atoms with Crippen LogP contribution in [-0.2, 0) is 11.8 Å². The minimum atomic E-state index is -0.559. The van der Waals surface area contributed by atoms with Gasteiger partial charge in [-0.25, -0.2) is 5.01 Å². The van der Waals surface area contributed by atoms with Crippen molar-refractivity contribution < 1.29 is 19.4 Å². The van der Waals surface area contributed by atoms with Gasteiger partial charge in [0.2, 0.25) is 11.8 Å². The molecule has 2 aromatic rings. The summed E-state index contributed by atoms with van der Waals surface area (Å²) in [6, 6.07) is 4.84. The predicted octanol–water partition coefficient (Wildman–Crippen LogP) is 1.86. The number of carbonyl (C=O) groups excluding carboxylic acids is 1. The second kappa shape index (κ2) is 7.47. The van der Waals surface area contributed by atoms with Gasteiger partial charge in [0.15, 0.2) is 16.3 Å². The Morgan fingerprint density at radius 2 is 2.00 bits per heavy atom.